The van der Waals surface area contributed by atoms with E-state index in [2.05, 4.69) is 18.8 Å². The van der Waals surface area contributed by atoms with Crippen LogP contribution in [-0.4, -0.2) is 12.6 Å². The Bertz CT molecular complexity index is 136. The van der Waals surface area contributed by atoms with Crippen LogP contribution >= 0.6 is 0 Å². The zero-order valence-electron chi connectivity index (χ0n) is 8.89. The van der Waals surface area contributed by atoms with Crippen LogP contribution < -0.4 is 5.32 Å². The third kappa shape index (κ3) is 4.47. The molecular weight excluding hydrogens is 158 g/mol. The van der Waals surface area contributed by atoms with E-state index >= 15 is 0 Å². The molecule has 1 heteroatoms. The number of rotatable bonds is 5. The first-order valence-corrected chi connectivity index (χ1v) is 5.67. The van der Waals surface area contributed by atoms with Crippen LogP contribution in [0.2, 0.25) is 0 Å². The highest BCUT2D eigenvalue weighted by Gasteiger charge is 2.15. The van der Waals surface area contributed by atoms with Gasteiger partial charge in [0.05, 0.1) is 0 Å². The molecule has 1 aliphatic carbocycles. The monoisotopic (exact) mass is 181 g/mol. The van der Waals surface area contributed by atoms with Crippen LogP contribution in [0.3, 0.4) is 0 Å². The van der Waals surface area contributed by atoms with Crippen molar-refractivity contribution in [1.29, 1.82) is 0 Å². The lowest BCUT2D eigenvalue weighted by atomic mass is 9.85. The summed E-state index contributed by atoms with van der Waals surface area (Å²) >= 11 is 0. The maximum absolute atomic E-state index is 3.72. The maximum atomic E-state index is 3.72. The summed E-state index contributed by atoms with van der Waals surface area (Å²) in [6, 6.07) is 0.668. The quantitative estimate of drug-likeness (QED) is 0.643. The molecule has 0 heterocycles. The van der Waals surface area contributed by atoms with Gasteiger partial charge in [-0.05, 0) is 19.3 Å². The second kappa shape index (κ2) is 6.20. The van der Waals surface area contributed by atoms with Crippen molar-refractivity contribution >= 4 is 0 Å². The first kappa shape index (κ1) is 10.8. The summed E-state index contributed by atoms with van der Waals surface area (Å²) in [5, 5.41) is 3.46. The van der Waals surface area contributed by atoms with Gasteiger partial charge in [-0.15, -0.1) is 6.58 Å². The van der Waals surface area contributed by atoms with Crippen molar-refractivity contribution in [3.8, 4) is 0 Å². The van der Waals surface area contributed by atoms with Crippen molar-refractivity contribution in [1.82, 2.24) is 5.32 Å². The van der Waals surface area contributed by atoms with Crippen LogP contribution in [0.1, 0.15) is 45.4 Å². The van der Waals surface area contributed by atoms with E-state index in [0.717, 1.165) is 12.5 Å². The van der Waals surface area contributed by atoms with Crippen LogP contribution in [0.15, 0.2) is 12.7 Å². The third-order valence-electron chi connectivity index (χ3n) is 3.02. The van der Waals surface area contributed by atoms with E-state index in [1.54, 1.807) is 0 Å². The molecule has 1 atom stereocenters. The normalized spacial score (nSPS) is 21.3. The molecule has 0 aromatic rings. The molecule has 1 rings (SSSR count). The van der Waals surface area contributed by atoms with E-state index in [-0.39, 0.29) is 0 Å². The van der Waals surface area contributed by atoms with E-state index in [1.165, 1.54) is 38.5 Å². The highest BCUT2D eigenvalue weighted by Crippen LogP contribution is 2.27. The van der Waals surface area contributed by atoms with Crippen LogP contribution in [0.25, 0.3) is 0 Å². The fourth-order valence-corrected chi connectivity index (χ4v) is 2.29. The van der Waals surface area contributed by atoms with E-state index < -0.39 is 0 Å². The number of nitrogens with one attached hydrogen (secondary N) is 1. The molecule has 0 radical (unpaired) electrons. The predicted molar refractivity (Wildman–Crippen MR) is 58.9 cm³/mol. The molecule has 13 heavy (non-hydrogen) atoms. The Morgan fingerprint density at radius 2 is 2.08 bits per heavy atom. The fraction of sp³-hybridized carbons (Fsp3) is 0.833. The number of hydrogen-bond acceptors (Lipinski definition) is 1. The zero-order chi connectivity index (χ0) is 9.52. The Kier molecular flexibility index (Phi) is 5.14. The third-order valence-corrected chi connectivity index (χ3v) is 3.02. The van der Waals surface area contributed by atoms with Gasteiger partial charge in [0.25, 0.3) is 0 Å². The second-order valence-corrected chi connectivity index (χ2v) is 4.34. The molecule has 0 amide bonds. The summed E-state index contributed by atoms with van der Waals surface area (Å²) in [5.74, 6) is 0.987. The molecule has 0 bridgehead atoms. The lowest BCUT2D eigenvalue weighted by Crippen LogP contribution is -2.28. The van der Waals surface area contributed by atoms with Gasteiger partial charge in [0.2, 0.25) is 0 Å². The van der Waals surface area contributed by atoms with Crippen molar-refractivity contribution in [3.05, 3.63) is 12.7 Å². The van der Waals surface area contributed by atoms with Gasteiger partial charge in [0.1, 0.15) is 0 Å². The smallest absolute Gasteiger partial charge is 0.0134 e. The van der Waals surface area contributed by atoms with Crippen LogP contribution in [0.4, 0.5) is 0 Å². The molecule has 0 aromatic heterocycles. The zero-order valence-corrected chi connectivity index (χ0v) is 8.89. The van der Waals surface area contributed by atoms with Crippen molar-refractivity contribution in [2.24, 2.45) is 5.92 Å². The largest absolute Gasteiger partial charge is 0.311 e. The molecule has 0 saturated heterocycles. The Hall–Kier alpha value is -0.300. The molecule has 1 aliphatic rings. The standard InChI is InChI=1S/C12H23N/c1-3-9-13-11(2)10-12-7-5-4-6-8-12/h3,11-13H,1,4-10H2,2H3. The van der Waals surface area contributed by atoms with Gasteiger partial charge in [0.15, 0.2) is 0 Å². The first-order chi connectivity index (χ1) is 6.33. The summed E-state index contributed by atoms with van der Waals surface area (Å²) in [6.45, 7) is 6.96. The van der Waals surface area contributed by atoms with Crippen LogP contribution in [0, 0.1) is 5.92 Å². The molecule has 76 valence electrons. The molecule has 1 unspecified atom stereocenters. The lowest BCUT2D eigenvalue weighted by Gasteiger charge is -2.24. The van der Waals surface area contributed by atoms with Crippen molar-refractivity contribution in [2.75, 3.05) is 6.54 Å². The molecule has 1 N–H and O–H groups in total. The van der Waals surface area contributed by atoms with E-state index in [4.69, 9.17) is 0 Å². The molecule has 1 saturated carbocycles. The fourth-order valence-electron chi connectivity index (χ4n) is 2.29. The van der Waals surface area contributed by atoms with Gasteiger partial charge < -0.3 is 5.32 Å². The summed E-state index contributed by atoms with van der Waals surface area (Å²) < 4.78 is 0. The SMILES string of the molecule is C=CCNC(C)CC1CCCCC1. The predicted octanol–water partition coefficient (Wildman–Crippen LogP) is 3.12. The van der Waals surface area contributed by atoms with Gasteiger partial charge in [-0.3, -0.25) is 0 Å². The van der Waals surface area contributed by atoms with Gasteiger partial charge in [0, 0.05) is 12.6 Å². The molecule has 1 fully saturated rings. The second-order valence-electron chi connectivity index (χ2n) is 4.34. The van der Waals surface area contributed by atoms with Gasteiger partial charge in [-0.1, -0.05) is 38.2 Å². The molecule has 0 aromatic carbocycles. The topological polar surface area (TPSA) is 12.0 Å². The Labute approximate surface area is 82.6 Å². The van der Waals surface area contributed by atoms with E-state index in [9.17, 15) is 0 Å². The lowest BCUT2D eigenvalue weighted by molar-refractivity contribution is 0.308. The minimum Gasteiger partial charge on any atom is -0.311 e. The average Bonchev–Trinajstić information content (AvgIpc) is 2.16. The van der Waals surface area contributed by atoms with Crippen LogP contribution in [0.5, 0.6) is 0 Å². The highest BCUT2D eigenvalue weighted by molar-refractivity contribution is 4.76. The van der Waals surface area contributed by atoms with Crippen LogP contribution in [-0.2, 0) is 0 Å². The van der Waals surface area contributed by atoms with Gasteiger partial charge in [-0.2, -0.15) is 0 Å². The summed E-state index contributed by atoms with van der Waals surface area (Å²) in [6.07, 6.45) is 10.6. The molecule has 1 nitrogen and oxygen atoms in total. The van der Waals surface area contributed by atoms with Gasteiger partial charge >= 0.3 is 0 Å². The minimum absolute atomic E-state index is 0.668. The summed E-state index contributed by atoms with van der Waals surface area (Å²) in [5.41, 5.74) is 0. The van der Waals surface area contributed by atoms with E-state index in [0.29, 0.717) is 6.04 Å². The Balaban J connectivity index is 2.10. The van der Waals surface area contributed by atoms with Gasteiger partial charge in [-0.25, -0.2) is 0 Å². The summed E-state index contributed by atoms with van der Waals surface area (Å²) in [7, 11) is 0. The Morgan fingerprint density at radius 3 is 2.69 bits per heavy atom. The first-order valence-electron chi connectivity index (χ1n) is 5.67. The highest BCUT2D eigenvalue weighted by atomic mass is 14.9. The molecule has 0 spiro atoms. The Morgan fingerprint density at radius 1 is 1.38 bits per heavy atom. The maximum Gasteiger partial charge on any atom is 0.0134 e. The summed E-state index contributed by atoms with van der Waals surface area (Å²) in [4.78, 5) is 0. The molecule has 0 aliphatic heterocycles. The van der Waals surface area contributed by atoms with E-state index in [1.807, 2.05) is 6.08 Å². The van der Waals surface area contributed by atoms with Crippen molar-refractivity contribution in [2.45, 2.75) is 51.5 Å². The number of hydrogen-bond donors (Lipinski definition) is 1. The van der Waals surface area contributed by atoms with Crippen molar-refractivity contribution in [3.63, 3.8) is 0 Å². The average molecular weight is 181 g/mol. The van der Waals surface area contributed by atoms with Crippen molar-refractivity contribution < 1.29 is 0 Å². The minimum atomic E-state index is 0.668. The molecular formula is C12H23N.